The number of para-hydroxylation sites is 1. The van der Waals surface area contributed by atoms with Crippen LogP contribution in [0.15, 0.2) is 205 Å². The van der Waals surface area contributed by atoms with Crippen molar-refractivity contribution in [2.75, 3.05) is 0 Å². The number of aromatic nitrogens is 5. The van der Waals surface area contributed by atoms with E-state index in [1.165, 1.54) is 5.56 Å². The van der Waals surface area contributed by atoms with E-state index in [9.17, 15) is 0 Å². The van der Waals surface area contributed by atoms with Crippen LogP contribution in [0.1, 0.15) is 36.6 Å². The molecule has 6 nitrogen and oxygen atoms in total. The van der Waals surface area contributed by atoms with Crippen LogP contribution in [0.4, 0.5) is 0 Å². The van der Waals surface area contributed by atoms with E-state index in [4.69, 9.17) is 24.4 Å². The predicted octanol–water partition coefficient (Wildman–Crippen LogP) is 11.5. The average molecular weight is 788 g/mol. The lowest BCUT2D eigenvalue weighted by molar-refractivity contribution is 0.577. The lowest BCUT2D eigenvalue weighted by Crippen LogP contribution is -2.30. The second-order valence-electron chi connectivity index (χ2n) is 15.0. The van der Waals surface area contributed by atoms with Crippen molar-refractivity contribution in [2.24, 2.45) is 0 Å². The Bertz CT molecular complexity index is 3300. The minimum Gasteiger partial charge on any atom is -0.457 e. The van der Waals surface area contributed by atoms with Gasteiger partial charge in [0.05, 0.1) is 16.7 Å². The Balaban J connectivity index is 1.18. The highest BCUT2D eigenvalue weighted by molar-refractivity contribution is 5.92. The second kappa shape index (κ2) is 15.3. The van der Waals surface area contributed by atoms with Crippen molar-refractivity contribution in [1.29, 1.82) is 0 Å². The Hall–Kier alpha value is -7.96. The fourth-order valence-corrected chi connectivity index (χ4v) is 8.89. The topological polar surface area (TPSA) is 69.6 Å². The maximum absolute atomic E-state index is 6.37. The summed E-state index contributed by atoms with van der Waals surface area (Å²) in [6.07, 6.45) is 12.3. The summed E-state index contributed by atoms with van der Waals surface area (Å²) in [5.74, 6) is 2.65. The zero-order chi connectivity index (χ0) is 41.5. The molecule has 1 atom stereocenters. The van der Waals surface area contributed by atoms with Crippen molar-refractivity contribution < 1.29 is 4.42 Å². The van der Waals surface area contributed by atoms with Crippen molar-refractivity contribution in [1.82, 2.24) is 24.5 Å². The first kappa shape index (κ1) is 37.3. The SMILES string of the molecule is C=C/C=C(\C=C/C)C1(c2ccccc2)c2ccccc2-n2c1nc1cc(-c3ccc4oc(=C)/c(=C(\C=C/C)c5nc(-c6ccccc6)nc(-c6ccccc6)n5)c4c3)ccc12. The van der Waals surface area contributed by atoms with Gasteiger partial charge in [-0.2, -0.15) is 0 Å². The molecule has 3 aromatic heterocycles. The molecule has 0 amide bonds. The maximum atomic E-state index is 6.37. The van der Waals surface area contributed by atoms with Crippen molar-refractivity contribution in [2.45, 2.75) is 19.3 Å². The van der Waals surface area contributed by atoms with Gasteiger partial charge < -0.3 is 4.42 Å². The van der Waals surface area contributed by atoms with E-state index in [-0.39, 0.29) is 0 Å². The van der Waals surface area contributed by atoms with E-state index in [1.54, 1.807) is 0 Å². The molecule has 9 aromatic rings. The molecule has 292 valence electrons. The lowest BCUT2D eigenvalue weighted by atomic mass is 9.69. The summed E-state index contributed by atoms with van der Waals surface area (Å²) < 4.78 is 8.70. The molecule has 4 heterocycles. The Morgan fingerprint density at radius 1 is 0.639 bits per heavy atom. The van der Waals surface area contributed by atoms with Gasteiger partial charge in [0, 0.05) is 27.3 Å². The van der Waals surface area contributed by atoms with Crippen LogP contribution in [-0.4, -0.2) is 24.5 Å². The Morgan fingerprint density at radius 3 is 1.93 bits per heavy atom. The predicted molar refractivity (Wildman–Crippen MR) is 248 cm³/mol. The molecule has 1 unspecified atom stereocenters. The summed E-state index contributed by atoms with van der Waals surface area (Å²) in [7, 11) is 0. The summed E-state index contributed by atoms with van der Waals surface area (Å²) in [6.45, 7) is 12.6. The van der Waals surface area contributed by atoms with Gasteiger partial charge in [-0.1, -0.05) is 171 Å². The van der Waals surface area contributed by atoms with Crippen LogP contribution in [0.2, 0.25) is 0 Å². The molecule has 0 fully saturated rings. The Kier molecular flexibility index (Phi) is 9.38. The minimum atomic E-state index is -0.665. The van der Waals surface area contributed by atoms with Gasteiger partial charge in [-0.25, -0.2) is 19.9 Å². The molecule has 0 N–H and O–H groups in total. The first-order chi connectivity index (χ1) is 30.0. The monoisotopic (exact) mass is 787 g/mol. The number of benzene rings is 6. The smallest absolute Gasteiger partial charge is 0.164 e. The summed E-state index contributed by atoms with van der Waals surface area (Å²) in [6, 6.07) is 52.2. The van der Waals surface area contributed by atoms with E-state index >= 15 is 0 Å². The molecule has 0 saturated heterocycles. The largest absolute Gasteiger partial charge is 0.457 e. The third kappa shape index (κ3) is 6.11. The quantitative estimate of drug-likeness (QED) is 0.136. The zero-order valence-corrected chi connectivity index (χ0v) is 34.0. The first-order valence-electron chi connectivity index (χ1n) is 20.4. The lowest BCUT2D eigenvalue weighted by Gasteiger charge is -2.31. The molecule has 1 aliphatic heterocycles. The molecule has 6 aromatic carbocycles. The maximum Gasteiger partial charge on any atom is 0.164 e. The summed E-state index contributed by atoms with van der Waals surface area (Å²) >= 11 is 0. The van der Waals surface area contributed by atoms with Gasteiger partial charge in [0.1, 0.15) is 22.2 Å². The van der Waals surface area contributed by atoms with Gasteiger partial charge in [0.25, 0.3) is 0 Å². The number of imidazole rings is 1. The molecule has 0 bridgehead atoms. The molecule has 0 radical (unpaired) electrons. The van der Waals surface area contributed by atoms with Crippen LogP contribution in [0.5, 0.6) is 0 Å². The highest BCUT2D eigenvalue weighted by Crippen LogP contribution is 2.53. The van der Waals surface area contributed by atoms with Gasteiger partial charge in [-0.3, -0.25) is 4.57 Å². The second-order valence-corrected chi connectivity index (χ2v) is 15.0. The van der Waals surface area contributed by atoms with Crippen molar-refractivity contribution in [3.63, 3.8) is 0 Å². The molecule has 0 spiro atoms. The highest BCUT2D eigenvalue weighted by Gasteiger charge is 2.49. The molecular formula is C55H41N5O. The Labute approximate surface area is 354 Å². The van der Waals surface area contributed by atoms with Gasteiger partial charge in [0.2, 0.25) is 0 Å². The fourth-order valence-electron chi connectivity index (χ4n) is 8.89. The summed E-state index contributed by atoms with van der Waals surface area (Å²) in [5.41, 5.74) is 11.7. The number of nitrogens with zero attached hydrogens (tertiary/aromatic N) is 5. The van der Waals surface area contributed by atoms with E-state index in [2.05, 4.69) is 128 Å². The molecule has 0 saturated carbocycles. The molecule has 1 aliphatic rings. The van der Waals surface area contributed by atoms with Crippen LogP contribution in [0.3, 0.4) is 0 Å². The minimum absolute atomic E-state index is 0.530. The van der Waals surface area contributed by atoms with Gasteiger partial charge in [0.15, 0.2) is 17.5 Å². The highest BCUT2D eigenvalue weighted by atomic mass is 16.3. The number of furan rings is 1. The number of fused-ring (bicyclic) bond motifs is 6. The van der Waals surface area contributed by atoms with E-state index in [1.807, 2.05) is 91.9 Å². The fraction of sp³-hybridized carbons (Fsp3) is 0.0545. The summed E-state index contributed by atoms with van der Waals surface area (Å²) in [4.78, 5) is 20.6. The molecule has 61 heavy (non-hydrogen) atoms. The third-order valence-electron chi connectivity index (χ3n) is 11.5. The van der Waals surface area contributed by atoms with Crippen LogP contribution in [0.25, 0.3) is 73.7 Å². The average Bonchev–Trinajstić information content (AvgIpc) is 3.95. The molecule has 0 aliphatic carbocycles. The number of rotatable bonds is 9. The number of hydrogen-bond acceptors (Lipinski definition) is 5. The van der Waals surface area contributed by atoms with Crippen LogP contribution < -0.4 is 10.6 Å². The van der Waals surface area contributed by atoms with Crippen LogP contribution >= 0.6 is 0 Å². The zero-order valence-electron chi connectivity index (χ0n) is 34.0. The summed E-state index contributed by atoms with van der Waals surface area (Å²) in [5, 5.41) is 1.74. The Morgan fingerprint density at radius 2 is 1.26 bits per heavy atom. The van der Waals surface area contributed by atoms with Gasteiger partial charge >= 0.3 is 0 Å². The molecule has 6 heteroatoms. The van der Waals surface area contributed by atoms with E-state index in [0.29, 0.717) is 22.9 Å². The molecule has 10 rings (SSSR count). The van der Waals surface area contributed by atoms with Gasteiger partial charge in [-0.05, 0) is 72.0 Å². The van der Waals surface area contributed by atoms with E-state index < -0.39 is 5.41 Å². The third-order valence-corrected chi connectivity index (χ3v) is 11.5. The number of allylic oxidation sites excluding steroid dienone is 7. The normalized spacial score (nSPS) is 15.5. The number of hydrogen-bond donors (Lipinski definition) is 0. The van der Waals surface area contributed by atoms with Crippen molar-refractivity contribution in [3.05, 3.63) is 234 Å². The standard InChI is InChI=1S/C55H41N5O/c1-5-19-41(20-6-2)55(42-26-15-10-16-27-42)45-28-17-18-29-47(45)60-48-32-30-40(35-46(48)56-54(55)60)39-31-33-49-44(34-39)50(36(4)61-49)43(21-7-3)53-58-51(37-22-11-8-12-23-37)57-52(59-53)38-24-13-9-14-25-38/h5-35H,1,4H2,2-3H3/b20-6-,21-7-,41-19+,50-43-. The van der Waals surface area contributed by atoms with E-state index in [0.717, 1.165) is 77.7 Å². The first-order valence-corrected chi connectivity index (χ1v) is 20.4. The van der Waals surface area contributed by atoms with Crippen LogP contribution in [0, 0.1) is 0 Å². The van der Waals surface area contributed by atoms with Crippen molar-refractivity contribution >= 4 is 34.2 Å². The van der Waals surface area contributed by atoms with Crippen molar-refractivity contribution in [3.8, 4) is 39.6 Å². The van der Waals surface area contributed by atoms with Gasteiger partial charge in [-0.15, -0.1) is 0 Å². The molecular weight excluding hydrogens is 747 g/mol. The van der Waals surface area contributed by atoms with Crippen LogP contribution in [-0.2, 0) is 5.41 Å².